The SMILES string of the molecule is C1=C(c2cc3c(cn2)CCCO3)Cc2c(ccc3ccccc23)O1. The second-order valence-corrected chi connectivity index (χ2v) is 6.33. The van der Waals surface area contributed by atoms with Gasteiger partial charge in [0.15, 0.2) is 0 Å². The largest absolute Gasteiger partial charge is 0.493 e. The van der Waals surface area contributed by atoms with Crippen molar-refractivity contribution < 1.29 is 9.47 Å². The molecule has 0 N–H and O–H groups in total. The van der Waals surface area contributed by atoms with Crippen molar-refractivity contribution in [1.82, 2.24) is 4.98 Å². The average molecular weight is 315 g/mol. The lowest BCUT2D eigenvalue weighted by atomic mass is 9.94. The molecule has 118 valence electrons. The monoisotopic (exact) mass is 315 g/mol. The minimum Gasteiger partial charge on any atom is -0.493 e. The van der Waals surface area contributed by atoms with Crippen molar-refractivity contribution in [1.29, 1.82) is 0 Å². The Morgan fingerprint density at radius 1 is 1.00 bits per heavy atom. The number of rotatable bonds is 1. The molecule has 2 aliphatic heterocycles. The zero-order valence-corrected chi connectivity index (χ0v) is 13.3. The van der Waals surface area contributed by atoms with Crippen LogP contribution in [0.15, 0.2) is 54.9 Å². The van der Waals surface area contributed by atoms with Crippen molar-refractivity contribution in [2.24, 2.45) is 0 Å². The van der Waals surface area contributed by atoms with Gasteiger partial charge >= 0.3 is 0 Å². The normalized spacial score (nSPS) is 15.8. The Hall–Kier alpha value is -2.81. The van der Waals surface area contributed by atoms with Gasteiger partial charge in [-0.05, 0) is 29.7 Å². The number of benzene rings is 2. The van der Waals surface area contributed by atoms with Gasteiger partial charge < -0.3 is 9.47 Å². The molecule has 3 nitrogen and oxygen atoms in total. The number of ether oxygens (including phenoxy) is 2. The summed E-state index contributed by atoms with van der Waals surface area (Å²) in [6, 6.07) is 14.7. The number of hydrogen-bond acceptors (Lipinski definition) is 3. The van der Waals surface area contributed by atoms with Crippen molar-refractivity contribution >= 4 is 16.3 Å². The Morgan fingerprint density at radius 3 is 2.96 bits per heavy atom. The lowest BCUT2D eigenvalue weighted by Gasteiger charge is -2.21. The van der Waals surface area contributed by atoms with E-state index < -0.39 is 0 Å². The number of aromatic nitrogens is 1. The minimum atomic E-state index is 0.791. The van der Waals surface area contributed by atoms with Gasteiger partial charge in [0.05, 0.1) is 18.6 Å². The van der Waals surface area contributed by atoms with Crippen LogP contribution in [0.4, 0.5) is 0 Å². The van der Waals surface area contributed by atoms with Gasteiger partial charge in [0.1, 0.15) is 11.5 Å². The second kappa shape index (κ2) is 5.38. The number of aryl methyl sites for hydroxylation is 1. The van der Waals surface area contributed by atoms with E-state index in [0.29, 0.717) is 0 Å². The number of nitrogens with zero attached hydrogens (tertiary/aromatic N) is 1. The Bertz CT molecular complexity index is 975. The molecule has 0 aliphatic carbocycles. The second-order valence-electron chi connectivity index (χ2n) is 6.33. The van der Waals surface area contributed by atoms with Crippen LogP contribution in [0.2, 0.25) is 0 Å². The summed E-state index contributed by atoms with van der Waals surface area (Å²) in [5, 5.41) is 2.48. The molecule has 3 heteroatoms. The molecule has 1 aromatic heterocycles. The third kappa shape index (κ3) is 2.16. The summed E-state index contributed by atoms with van der Waals surface area (Å²) in [5.41, 5.74) is 4.46. The van der Waals surface area contributed by atoms with Crippen LogP contribution in [0, 0.1) is 0 Å². The molecular formula is C21H17NO2. The fraction of sp³-hybridized carbons (Fsp3) is 0.190. The zero-order chi connectivity index (χ0) is 15.9. The molecule has 2 aliphatic rings. The number of allylic oxidation sites excluding steroid dienone is 1. The van der Waals surface area contributed by atoms with Crippen LogP contribution in [0.1, 0.15) is 23.2 Å². The maximum absolute atomic E-state index is 5.90. The highest BCUT2D eigenvalue weighted by Crippen LogP contribution is 2.37. The van der Waals surface area contributed by atoms with E-state index in [-0.39, 0.29) is 0 Å². The van der Waals surface area contributed by atoms with E-state index in [1.165, 1.54) is 21.9 Å². The smallest absolute Gasteiger partial charge is 0.130 e. The van der Waals surface area contributed by atoms with Crippen LogP contribution < -0.4 is 9.47 Å². The lowest BCUT2D eigenvalue weighted by molar-refractivity contribution is 0.287. The molecule has 0 fully saturated rings. The fourth-order valence-corrected chi connectivity index (χ4v) is 3.53. The molecule has 5 rings (SSSR count). The van der Waals surface area contributed by atoms with Crippen LogP contribution in [0.25, 0.3) is 16.3 Å². The maximum Gasteiger partial charge on any atom is 0.130 e. The summed E-state index contributed by atoms with van der Waals surface area (Å²) in [6.07, 6.45) is 6.71. The number of pyridine rings is 1. The highest BCUT2D eigenvalue weighted by Gasteiger charge is 2.19. The van der Waals surface area contributed by atoms with Gasteiger partial charge in [0.25, 0.3) is 0 Å². The minimum absolute atomic E-state index is 0.791. The van der Waals surface area contributed by atoms with Gasteiger partial charge in [-0.2, -0.15) is 0 Å². The van der Waals surface area contributed by atoms with Gasteiger partial charge in [0, 0.05) is 35.4 Å². The Morgan fingerprint density at radius 2 is 1.96 bits per heavy atom. The first-order valence-electron chi connectivity index (χ1n) is 8.37. The first kappa shape index (κ1) is 13.6. The molecule has 0 saturated heterocycles. The van der Waals surface area contributed by atoms with E-state index in [2.05, 4.69) is 41.4 Å². The van der Waals surface area contributed by atoms with Gasteiger partial charge in [-0.3, -0.25) is 4.98 Å². The molecular weight excluding hydrogens is 298 g/mol. The predicted molar refractivity (Wildman–Crippen MR) is 94.3 cm³/mol. The molecule has 24 heavy (non-hydrogen) atoms. The molecule has 0 spiro atoms. The molecule has 0 saturated carbocycles. The van der Waals surface area contributed by atoms with Crippen LogP contribution in [0.3, 0.4) is 0 Å². The zero-order valence-electron chi connectivity index (χ0n) is 13.3. The molecule has 0 radical (unpaired) electrons. The van der Waals surface area contributed by atoms with E-state index in [1.807, 2.05) is 18.5 Å². The van der Waals surface area contributed by atoms with Gasteiger partial charge in [-0.25, -0.2) is 0 Å². The van der Waals surface area contributed by atoms with E-state index in [4.69, 9.17) is 9.47 Å². The Kier molecular flexibility index (Phi) is 3.05. The predicted octanol–water partition coefficient (Wildman–Crippen LogP) is 4.54. The van der Waals surface area contributed by atoms with Crippen LogP contribution >= 0.6 is 0 Å². The van der Waals surface area contributed by atoms with Crippen molar-refractivity contribution in [2.45, 2.75) is 19.3 Å². The third-order valence-electron chi connectivity index (χ3n) is 4.81. The van der Waals surface area contributed by atoms with Gasteiger partial charge in [-0.15, -0.1) is 0 Å². The summed E-state index contributed by atoms with van der Waals surface area (Å²) in [4.78, 5) is 4.64. The van der Waals surface area contributed by atoms with Crippen molar-refractivity contribution in [3.05, 3.63) is 71.7 Å². The van der Waals surface area contributed by atoms with E-state index >= 15 is 0 Å². The fourth-order valence-electron chi connectivity index (χ4n) is 3.53. The molecule has 0 bridgehead atoms. The van der Waals surface area contributed by atoms with Crippen LogP contribution in [-0.2, 0) is 12.8 Å². The van der Waals surface area contributed by atoms with E-state index in [9.17, 15) is 0 Å². The standard InChI is InChI=1S/C21H17NO2/c1-2-6-17-14(4-1)7-8-20-18(17)10-16(13-24-20)19-11-21-15(12-22-19)5-3-9-23-21/h1-2,4,6-8,11-13H,3,5,9-10H2. The Balaban J connectivity index is 1.56. The molecule has 0 atom stereocenters. The summed E-state index contributed by atoms with van der Waals surface area (Å²) in [6.45, 7) is 0.791. The Labute approximate surface area is 140 Å². The molecule has 3 heterocycles. The highest BCUT2D eigenvalue weighted by molar-refractivity contribution is 5.90. The van der Waals surface area contributed by atoms with Crippen LogP contribution in [-0.4, -0.2) is 11.6 Å². The van der Waals surface area contributed by atoms with Crippen molar-refractivity contribution in [3.8, 4) is 11.5 Å². The summed E-state index contributed by atoms with van der Waals surface area (Å²) in [7, 11) is 0. The van der Waals surface area contributed by atoms with Crippen molar-refractivity contribution in [2.75, 3.05) is 6.61 Å². The first-order valence-corrected chi connectivity index (χ1v) is 8.37. The maximum atomic E-state index is 5.90. The topological polar surface area (TPSA) is 31.4 Å². The van der Waals surface area contributed by atoms with Gasteiger partial charge in [0.2, 0.25) is 0 Å². The molecule has 0 unspecified atom stereocenters. The third-order valence-corrected chi connectivity index (χ3v) is 4.81. The number of fused-ring (bicyclic) bond motifs is 4. The summed E-state index contributed by atoms with van der Waals surface area (Å²) in [5.74, 6) is 1.91. The van der Waals surface area contributed by atoms with Crippen LogP contribution in [0.5, 0.6) is 11.5 Å². The number of hydrogen-bond donors (Lipinski definition) is 0. The first-order chi connectivity index (χ1) is 11.9. The molecule has 0 amide bonds. The summed E-state index contributed by atoms with van der Waals surface area (Å²) < 4.78 is 11.7. The highest BCUT2D eigenvalue weighted by atomic mass is 16.5. The van der Waals surface area contributed by atoms with Gasteiger partial charge in [-0.1, -0.05) is 30.3 Å². The molecule has 3 aromatic rings. The lowest BCUT2D eigenvalue weighted by Crippen LogP contribution is -2.10. The van der Waals surface area contributed by atoms with Crippen molar-refractivity contribution in [3.63, 3.8) is 0 Å². The van der Waals surface area contributed by atoms with E-state index in [1.54, 1.807) is 0 Å². The summed E-state index contributed by atoms with van der Waals surface area (Å²) >= 11 is 0. The average Bonchev–Trinajstić information content (AvgIpc) is 2.67. The molecule has 2 aromatic carbocycles. The van der Waals surface area contributed by atoms with E-state index in [0.717, 1.165) is 48.6 Å². The quantitative estimate of drug-likeness (QED) is 0.661.